The Morgan fingerprint density at radius 2 is 2.42 bits per heavy atom. The normalized spacial score (nSPS) is 10.2. The van der Waals surface area contributed by atoms with Gasteiger partial charge in [0.25, 0.3) is 0 Å². The van der Waals surface area contributed by atoms with Crippen molar-refractivity contribution < 1.29 is 0 Å². The summed E-state index contributed by atoms with van der Waals surface area (Å²) in [7, 11) is 0. The molecule has 0 aliphatic rings. The third kappa shape index (κ3) is 2.39. The van der Waals surface area contributed by atoms with Gasteiger partial charge in [-0.1, -0.05) is 13.8 Å². The van der Waals surface area contributed by atoms with Crippen LogP contribution in [0.4, 0.5) is 0 Å². The van der Waals surface area contributed by atoms with Gasteiger partial charge in [0.05, 0.1) is 18.2 Å². The third-order valence-corrected chi connectivity index (χ3v) is 1.51. The Hall–Kier alpha value is -1.30. The molecule has 0 saturated carbocycles. The van der Waals surface area contributed by atoms with Gasteiger partial charge in [0, 0.05) is 12.7 Å². The monoisotopic (exact) mass is 163 g/mol. The molecule has 1 rings (SSSR count). The molecule has 1 heterocycles. The van der Waals surface area contributed by atoms with Crippen LogP contribution < -0.4 is 0 Å². The molecule has 0 radical (unpaired) electrons. The van der Waals surface area contributed by atoms with Gasteiger partial charge in [0.15, 0.2) is 0 Å². The summed E-state index contributed by atoms with van der Waals surface area (Å²) < 4.78 is 1.89. The predicted octanol–water partition coefficient (Wildman–Crippen LogP) is 1.61. The lowest BCUT2D eigenvalue weighted by molar-refractivity contribution is 0.480. The van der Waals surface area contributed by atoms with Gasteiger partial charge < -0.3 is 0 Å². The van der Waals surface area contributed by atoms with Crippen molar-refractivity contribution in [3.63, 3.8) is 0 Å². The molecular formula is C9H13N3. The molecule has 0 N–H and O–H groups in total. The molecule has 0 aliphatic heterocycles. The number of hydrogen-bond acceptors (Lipinski definition) is 2. The van der Waals surface area contributed by atoms with Crippen LogP contribution in [0.5, 0.6) is 0 Å². The van der Waals surface area contributed by atoms with Crippen LogP contribution >= 0.6 is 0 Å². The Kier molecular flexibility index (Phi) is 2.87. The maximum absolute atomic E-state index is 8.41. The van der Waals surface area contributed by atoms with Gasteiger partial charge in [0.2, 0.25) is 0 Å². The standard InChI is InChI=1S/C9H13N3/c1-8(2)7-12-6-4-9(11-12)3-5-10/h4,6,8H,3,7H2,1-2H3. The van der Waals surface area contributed by atoms with Crippen LogP contribution in [0.1, 0.15) is 19.5 Å². The van der Waals surface area contributed by atoms with Crippen molar-refractivity contribution in [2.24, 2.45) is 5.92 Å². The minimum absolute atomic E-state index is 0.408. The van der Waals surface area contributed by atoms with E-state index in [0.29, 0.717) is 12.3 Å². The van der Waals surface area contributed by atoms with Gasteiger partial charge in [-0.05, 0) is 12.0 Å². The van der Waals surface area contributed by atoms with E-state index in [2.05, 4.69) is 25.0 Å². The average Bonchev–Trinajstić information content (AvgIpc) is 2.36. The molecule has 0 fully saturated rings. The van der Waals surface area contributed by atoms with Gasteiger partial charge in [-0.25, -0.2) is 0 Å². The Morgan fingerprint density at radius 3 is 3.00 bits per heavy atom. The molecule has 3 nitrogen and oxygen atoms in total. The van der Waals surface area contributed by atoms with Gasteiger partial charge in [-0.2, -0.15) is 10.4 Å². The van der Waals surface area contributed by atoms with Crippen LogP contribution in [0.2, 0.25) is 0 Å². The first-order valence-corrected chi connectivity index (χ1v) is 4.11. The number of aromatic nitrogens is 2. The molecule has 0 amide bonds. The van der Waals surface area contributed by atoms with Crippen molar-refractivity contribution in [1.29, 1.82) is 5.26 Å². The van der Waals surface area contributed by atoms with Crippen LogP contribution in [-0.2, 0) is 13.0 Å². The average molecular weight is 163 g/mol. The van der Waals surface area contributed by atoms with Gasteiger partial charge >= 0.3 is 0 Å². The zero-order chi connectivity index (χ0) is 8.97. The van der Waals surface area contributed by atoms with E-state index < -0.39 is 0 Å². The van der Waals surface area contributed by atoms with Crippen molar-refractivity contribution in [1.82, 2.24) is 9.78 Å². The van der Waals surface area contributed by atoms with Crippen molar-refractivity contribution in [2.75, 3.05) is 0 Å². The lowest BCUT2D eigenvalue weighted by atomic mass is 10.2. The first kappa shape index (κ1) is 8.79. The van der Waals surface area contributed by atoms with E-state index in [4.69, 9.17) is 5.26 Å². The second kappa shape index (κ2) is 3.91. The van der Waals surface area contributed by atoms with E-state index in [9.17, 15) is 0 Å². The molecule has 12 heavy (non-hydrogen) atoms. The maximum atomic E-state index is 8.41. The summed E-state index contributed by atoms with van der Waals surface area (Å²) in [5.41, 5.74) is 0.859. The van der Waals surface area contributed by atoms with Gasteiger partial charge in [0.1, 0.15) is 0 Å². The molecule has 1 aromatic rings. The van der Waals surface area contributed by atoms with Crippen molar-refractivity contribution in [3.05, 3.63) is 18.0 Å². The van der Waals surface area contributed by atoms with E-state index in [-0.39, 0.29) is 0 Å². The molecule has 0 unspecified atom stereocenters. The number of nitriles is 1. The molecule has 0 spiro atoms. The van der Waals surface area contributed by atoms with Crippen LogP contribution in [0.15, 0.2) is 12.3 Å². The van der Waals surface area contributed by atoms with Crippen LogP contribution in [0.25, 0.3) is 0 Å². The number of nitrogens with zero attached hydrogens (tertiary/aromatic N) is 3. The minimum Gasteiger partial charge on any atom is -0.272 e. The summed E-state index contributed by atoms with van der Waals surface area (Å²) in [6, 6.07) is 3.97. The highest BCUT2D eigenvalue weighted by molar-refractivity contribution is 5.04. The van der Waals surface area contributed by atoms with E-state index in [1.54, 1.807) is 0 Å². The van der Waals surface area contributed by atoms with Crippen molar-refractivity contribution in [3.8, 4) is 6.07 Å². The summed E-state index contributed by atoms with van der Waals surface area (Å²) in [5, 5.41) is 12.6. The highest BCUT2D eigenvalue weighted by Gasteiger charge is 1.99. The Labute approximate surface area is 72.6 Å². The highest BCUT2D eigenvalue weighted by atomic mass is 15.3. The lowest BCUT2D eigenvalue weighted by Crippen LogP contribution is -2.05. The number of hydrogen-bond donors (Lipinski definition) is 0. The zero-order valence-electron chi connectivity index (χ0n) is 7.49. The van der Waals surface area contributed by atoms with Crippen molar-refractivity contribution in [2.45, 2.75) is 26.8 Å². The summed E-state index contributed by atoms with van der Waals surface area (Å²) in [5.74, 6) is 0.597. The topological polar surface area (TPSA) is 41.6 Å². The second-order valence-corrected chi connectivity index (χ2v) is 3.26. The number of rotatable bonds is 3. The predicted molar refractivity (Wildman–Crippen MR) is 46.4 cm³/mol. The largest absolute Gasteiger partial charge is 0.272 e. The Morgan fingerprint density at radius 1 is 1.67 bits per heavy atom. The van der Waals surface area contributed by atoms with Crippen molar-refractivity contribution >= 4 is 0 Å². The molecule has 64 valence electrons. The van der Waals surface area contributed by atoms with Gasteiger partial charge in [-0.15, -0.1) is 0 Å². The van der Waals surface area contributed by atoms with Crippen LogP contribution in [-0.4, -0.2) is 9.78 Å². The summed E-state index contributed by atoms with van der Waals surface area (Å²) >= 11 is 0. The smallest absolute Gasteiger partial charge is 0.0793 e. The maximum Gasteiger partial charge on any atom is 0.0793 e. The van der Waals surface area contributed by atoms with E-state index in [1.165, 1.54) is 0 Å². The van der Waals surface area contributed by atoms with E-state index >= 15 is 0 Å². The Balaban J connectivity index is 2.59. The molecular weight excluding hydrogens is 150 g/mol. The summed E-state index contributed by atoms with van der Waals surface area (Å²) in [6.45, 7) is 5.21. The van der Waals surface area contributed by atoms with E-state index in [1.807, 2.05) is 16.9 Å². The second-order valence-electron chi connectivity index (χ2n) is 3.26. The molecule has 3 heteroatoms. The minimum atomic E-state index is 0.408. The molecule has 0 aromatic carbocycles. The fourth-order valence-electron chi connectivity index (χ4n) is 1.05. The zero-order valence-corrected chi connectivity index (χ0v) is 7.49. The lowest BCUT2D eigenvalue weighted by Gasteiger charge is -2.03. The summed E-state index contributed by atoms with van der Waals surface area (Å²) in [6.07, 6.45) is 2.33. The van der Waals surface area contributed by atoms with E-state index in [0.717, 1.165) is 12.2 Å². The molecule has 0 aliphatic carbocycles. The third-order valence-electron chi connectivity index (χ3n) is 1.51. The first-order chi connectivity index (χ1) is 5.72. The van der Waals surface area contributed by atoms with Crippen LogP contribution in [0, 0.1) is 17.2 Å². The fourth-order valence-corrected chi connectivity index (χ4v) is 1.05. The summed E-state index contributed by atoms with van der Waals surface area (Å²) in [4.78, 5) is 0. The molecule has 0 saturated heterocycles. The highest BCUT2D eigenvalue weighted by Crippen LogP contribution is 2.00. The SMILES string of the molecule is CC(C)Cn1ccc(CC#N)n1. The first-order valence-electron chi connectivity index (χ1n) is 4.11. The quantitative estimate of drug-likeness (QED) is 0.679. The fraction of sp³-hybridized carbons (Fsp3) is 0.556. The molecule has 0 bridgehead atoms. The molecule has 1 aromatic heterocycles. The Bertz CT molecular complexity index is 280. The van der Waals surface area contributed by atoms with Crippen LogP contribution in [0.3, 0.4) is 0 Å². The molecule has 0 atom stereocenters. The van der Waals surface area contributed by atoms with Gasteiger partial charge in [-0.3, -0.25) is 4.68 Å².